The number of nitrogens with zero attached hydrogens (tertiary/aromatic N) is 2. The van der Waals surface area contributed by atoms with E-state index in [0.29, 0.717) is 17.3 Å². The Balaban J connectivity index is 1.59. The maximum absolute atomic E-state index is 12.6. The van der Waals surface area contributed by atoms with Crippen molar-refractivity contribution in [2.24, 2.45) is 0 Å². The normalized spacial score (nSPS) is 19.9. The summed E-state index contributed by atoms with van der Waals surface area (Å²) in [6, 6.07) is -0.312. The van der Waals surface area contributed by atoms with Crippen LogP contribution in [0.2, 0.25) is 18.1 Å². The van der Waals surface area contributed by atoms with Crippen molar-refractivity contribution in [1.82, 2.24) is 15.3 Å². The monoisotopic (exact) mass is 453 g/mol. The minimum atomic E-state index is -1.84. The van der Waals surface area contributed by atoms with E-state index in [-0.39, 0.29) is 29.4 Å². The molecule has 0 bridgehead atoms. The van der Waals surface area contributed by atoms with Gasteiger partial charge in [-0.3, -0.25) is 4.79 Å². The SMILES string of the molecule is C[C@H]1OC(=O)N[C@@H]1c1nc(C(=O)Cc2nc(CO[Si](C)(C)C(C)(C)C)cs2)cs1. The molecule has 0 saturated carbocycles. The second kappa shape index (κ2) is 8.25. The summed E-state index contributed by atoms with van der Waals surface area (Å²) in [5.74, 6) is -0.0865. The Morgan fingerprint density at radius 3 is 2.62 bits per heavy atom. The maximum Gasteiger partial charge on any atom is 0.408 e. The number of amides is 1. The molecule has 1 aliphatic heterocycles. The first-order chi connectivity index (χ1) is 13.5. The molecule has 0 radical (unpaired) electrons. The molecule has 1 saturated heterocycles. The van der Waals surface area contributed by atoms with Crippen LogP contribution >= 0.6 is 22.7 Å². The van der Waals surface area contributed by atoms with Crippen molar-refractivity contribution in [3.05, 3.63) is 32.2 Å². The number of ether oxygens (including phenoxy) is 1. The quantitative estimate of drug-likeness (QED) is 0.482. The molecule has 0 spiro atoms. The molecule has 1 N–H and O–H groups in total. The molecular weight excluding hydrogens is 426 g/mol. The van der Waals surface area contributed by atoms with Crippen LogP contribution in [0.3, 0.4) is 0 Å². The van der Waals surface area contributed by atoms with E-state index in [9.17, 15) is 9.59 Å². The zero-order valence-electron chi connectivity index (χ0n) is 17.6. The van der Waals surface area contributed by atoms with E-state index in [1.165, 1.54) is 22.7 Å². The minimum absolute atomic E-state index is 0.0865. The second-order valence-electron chi connectivity index (χ2n) is 8.68. The Bertz CT molecular complexity index is 903. The third-order valence-electron chi connectivity index (χ3n) is 5.41. The van der Waals surface area contributed by atoms with Crippen LogP contribution in [-0.2, 0) is 22.2 Å². The van der Waals surface area contributed by atoms with Gasteiger partial charge in [0.1, 0.15) is 27.9 Å². The summed E-state index contributed by atoms with van der Waals surface area (Å²) in [6.45, 7) is 13.3. The molecule has 0 unspecified atom stereocenters. The highest BCUT2D eigenvalue weighted by Crippen LogP contribution is 2.37. The van der Waals surface area contributed by atoms with Crippen LogP contribution in [0, 0.1) is 0 Å². The highest BCUT2D eigenvalue weighted by Gasteiger charge is 2.37. The summed E-state index contributed by atoms with van der Waals surface area (Å²) in [5.41, 5.74) is 1.26. The Labute approximate surface area is 180 Å². The molecule has 3 rings (SSSR count). The van der Waals surface area contributed by atoms with Crippen LogP contribution in [0.25, 0.3) is 0 Å². The molecule has 2 aromatic heterocycles. The summed E-state index contributed by atoms with van der Waals surface area (Å²) in [5, 5.41) is 7.97. The van der Waals surface area contributed by atoms with Crippen LogP contribution in [0.4, 0.5) is 4.79 Å². The number of cyclic esters (lactones) is 1. The third kappa shape index (κ3) is 5.11. The van der Waals surface area contributed by atoms with E-state index in [1.807, 2.05) is 5.38 Å². The highest BCUT2D eigenvalue weighted by molar-refractivity contribution is 7.10. The topological polar surface area (TPSA) is 90.4 Å². The molecule has 158 valence electrons. The van der Waals surface area contributed by atoms with E-state index < -0.39 is 14.4 Å². The van der Waals surface area contributed by atoms with Gasteiger partial charge in [0.25, 0.3) is 0 Å². The summed E-state index contributed by atoms with van der Waals surface area (Å²) in [6.07, 6.45) is -0.559. The first kappa shape index (κ1) is 22.1. The van der Waals surface area contributed by atoms with Crippen LogP contribution in [0.15, 0.2) is 10.8 Å². The summed E-state index contributed by atoms with van der Waals surface area (Å²) in [4.78, 5) is 32.9. The number of Topliss-reactive ketones (excluding diaryl/α,β-unsaturated/α-hetero) is 1. The van der Waals surface area contributed by atoms with E-state index in [0.717, 1.165) is 10.7 Å². The fraction of sp³-hybridized carbons (Fsp3) is 0.579. The molecule has 0 aliphatic carbocycles. The van der Waals surface area contributed by atoms with Gasteiger partial charge in [0.2, 0.25) is 0 Å². The minimum Gasteiger partial charge on any atom is -0.444 e. The van der Waals surface area contributed by atoms with Gasteiger partial charge in [-0.15, -0.1) is 22.7 Å². The lowest BCUT2D eigenvalue weighted by Crippen LogP contribution is -2.40. The number of hydrogen-bond acceptors (Lipinski definition) is 8. The first-order valence-corrected chi connectivity index (χ1v) is 14.2. The smallest absolute Gasteiger partial charge is 0.408 e. The summed E-state index contributed by atoms with van der Waals surface area (Å²) in [7, 11) is -1.84. The van der Waals surface area contributed by atoms with Gasteiger partial charge >= 0.3 is 6.09 Å². The summed E-state index contributed by atoms with van der Waals surface area (Å²) >= 11 is 2.82. The molecule has 2 aromatic rings. The van der Waals surface area contributed by atoms with Crippen molar-refractivity contribution in [1.29, 1.82) is 0 Å². The molecule has 1 fully saturated rings. The average molecular weight is 454 g/mol. The number of hydrogen-bond donors (Lipinski definition) is 1. The van der Waals surface area contributed by atoms with E-state index in [2.05, 4.69) is 49.1 Å². The fourth-order valence-corrected chi connectivity index (χ4v) is 5.22. The van der Waals surface area contributed by atoms with Gasteiger partial charge in [-0.1, -0.05) is 20.8 Å². The van der Waals surface area contributed by atoms with Crippen molar-refractivity contribution in [2.45, 2.75) is 71.0 Å². The van der Waals surface area contributed by atoms with Crippen LogP contribution < -0.4 is 5.32 Å². The van der Waals surface area contributed by atoms with Crippen LogP contribution in [0.5, 0.6) is 0 Å². The number of alkyl carbamates (subject to hydrolysis) is 1. The number of thiazole rings is 2. The number of carbonyl (C=O) groups excluding carboxylic acids is 2. The van der Waals surface area contributed by atoms with Crippen molar-refractivity contribution in [3.8, 4) is 0 Å². The molecule has 1 aliphatic rings. The van der Waals surface area contributed by atoms with Crippen molar-refractivity contribution < 1.29 is 18.8 Å². The lowest BCUT2D eigenvalue weighted by atomic mass is 10.2. The molecule has 7 nitrogen and oxygen atoms in total. The van der Waals surface area contributed by atoms with Crippen molar-refractivity contribution >= 4 is 42.9 Å². The molecule has 1 amide bonds. The predicted molar refractivity (Wildman–Crippen MR) is 116 cm³/mol. The first-order valence-electron chi connectivity index (χ1n) is 9.49. The predicted octanol–water partition coefficient (Wildman–Crippen LogP) is 4.72. The van der Waals surface area contributed by atoms with E-state index >= 15 is 0 Å². The lowest BCUT2D eigenvalue weighted by molar-refractivity contribution is 0.0988. The standard InChI is InChI=1S/C19H27N3O4S2Si/c1-11-16(22-18(24)26-11)17-21-13(10-28-17)14(23)7-15-20-12(9-27-15)8-25-29(5,6)19(2,3)4/h9-11,16H,7-8H2,1-6H3,(H,22,24)/t11-,16+/m1/s1. The highest BCUT2D eigenvalue weighted by atomic mass is 32.1. The Morgan fingerprint density at radius 2 is 2.00 bits per heavy atom. The average Bonchev–Trinajstić information content (AvgIpc) is 3.32. The van der Waals surface area contributed by atoms with Crippen molar-refractivity contribution in [3.63, 3.8) is 0 Å². The number of carbonyl (C=O) groups is 2. The second-order valence-corrected chi connectivity index (χ2v) is 15.3. The molecule has 2 atom stereocenters. The molecular formula is C19H27N3O4S2Si. The number of aromatic nitrogens is 2. The molecule has 3 heterocycles. The number of rotatable bonds is 7. The maximum atomic E-state index is 12.6. The van der Waals surface area contributed by atoms with Gasteiger partial charge < -0.3 is 14.5 Å². The molecule has 0 aromatic carbocycles. The van der Waals surface area contributed by atoms with E-state index in [4.69, 9.17) is 9.16 Å². The molecule has 29 heavy (non-hydrogen) atoms. The van der Waals surface area contributed by atoms with Gasteiger partial charge in [-0.25, -0.2) is 14.8 Å². The van der Waals surface area contributed by atoms with Crippen molar-refractivity contribution in [2.75, 3.05) is 0 Å². The Kier molecular flexibility index (Phi) is 6.28. The van der Waals surface area contributed by atoms with Gasteiger partial charge in [0.15, 0.2) is 14.1 Å². The number of nitrogens with one attached hydrogen (secondary N) is 1. The fourth-order valence-electron chi connectivity index (χ4n) is 2.53. The van der Waals surface area contributed by atoms with E-state index in [1.54, 1.807) is 12.3 Å². The van der Waals surface area contributed by atoms with Gasteiger partial charge in [-0.05, 0) is 25.1 Å². The Morgan fingerprint density at radius 1 is 1.28 bits per heavy atom. The van der Waals surface area contributed by atoms with Gasteiger partial charge in [0.05, 0.1) is 18.7 Å². The lowest BCUT2D eigenvalue weighted by Gasteiger charge is -2.35. The summed E-state index contributed by atoms with van der Waals surface area (Å²) < 4.78 is 11.3. The van der Waals surface area contributed by atoms with Crippen LogP contribution in [0.1, 0.15) is 59.9 Å². The third-order valence-corrected chi connectivity index (χ3v) is 11.7. The molecule has 10 heteroatoms. The van der Waals surface area contributed by atoms with Crippen LogP contribution in [-0.4, -0.2) is 36.3 Å². The van der Waals surface area contributed by atoms with Gasteiger partial charge in [0, 0.05) is 10.8 Å². The zero-order valence-corrected chi connectivity index (χ0v) is 20.2. The largest absolute Gasteiger partial charge is 0.444 e. The zero-order chi connectivity index (χ0) is 21.4. The Hall–Kier alpha value is -1.62. The number of ketones is 1. The van der Waals surface area contributed by atoms with Gasteiger partial charge in [-0.2, -0.15) is 0 Å².